The normalized spacial score (nSPS) is 22.8. The van der Waals surface area contributed by atoms with Crippen molar-refractivity contribution < 1.29 is 0 Å². The molecule has 0 heterocycles. The van der Waals surface area contributed by atoms with Crippen LogP contribution in [0.5, 0.6) is 0 Å². The molecule has 2 unspecified atom stereocenters. The van der Waals surface area contributed by atoms with Crippen LogP contribution >= 0.6 is 0 Å². The van der Waals surface area contributed by atoms with Gasteiger partial charge in [0, 0.05) is 5.41 Å². The highest BCUT2D eigenvalue weighted by molar-refractivity contribution is 5.42. The lowest BCUT2D eigenvalue weighted by Gasteiger charge is -2.32. The molecule has 0 aliphatic heterocycles. The van der Waals surface area contributed by atoms with Crippen molar-refractivity contribution in [2.24, 2.45) is 11.8 Å². The van der Waals surface area contributed by atoms with E-state index in [2.05, 4.69) is 77.1 Å². The summed E-state index contributed by atoms with van der Waals surface area (Å²) in [5.74, 6) is 1.37. The Morgan fingerprint density at radius 2 is 1.75 bits per heavy atom. The highest BCUT2D eigenvalue weighted by Gasteiger charge is 2.27. The zero-order valence-corrected chi connectivity index (χ0v) is 13.6. The molecular formula is C20H28. The van der Waals surface area contributed by atoms with Crippen LogP contribution in [0.25, 0.3) is 0 Å². The summed E-state index contributed by atoms with van der Waals surface area (Å²) in [5, 5.41) is 0. The predicted molar refractivity (Wildman–Crippen MR) is 89.0 cm³/mol. The fourth-order valence-electron chi connectivity index (χ4n) is 3.07. The molecule has 0 fully saturated rings. The second kappa shape index (κ2) is 5.99. The summed E-state index contributed by atoms with van der Waals surface area (Å²) in [6, 6.07) is 8.99. The second-order valence-electron chi connectivity index (χ2n) is 6.78. The van der Waals surface area contributed by atoms with Crippen LogP contribution in [0.2, 0.25) is 0 Å². The molecule has 0 aromatic heterocycles. The van der Waals surface area contributed by atoms with E-state index >= 15 is 0 Å². The van der Waals surface area contributed by atoms with E-state index in [0.717, 1.165) is 0 Å². The molecule has 1 aliphatic carbocycles. The summed E-state index contributed by atoms with van der Waals surface area (Å²) < 4.78 is 0. The van der Waals surface area contributed by atoms with E-state index in [0.29, 0.717) is 11.8 Å². The molecular weight excluding hydrogens is 240 g/mol. The summed E-state index contributed by atoms with van der Waals surface area (Å²) in [5.41, 5.74) is 4.30. The van der Waals surface area contributed by atoms with Crippen LogP contribution in [0.4, 0.5) is 0 Å². The highest BCUT2D eigenvalue weighted by atomic mass is 14.3. The van der Waals surface area contributed by atoms with Crippen LogP contribution in [-0.4, -0.2) is 0 Å². The van der Waals surface area contributed by atoms with Crippen LogP contribution in [0.1, 0.15) is 51.7 Å². The average Bonchev–Trinajstić information content (AvgIpc) is 2.42. The lowest BCUT2D eigenvalue weighted by atomic mass is 9.72. The monoisotopic (exact) mass is 268 g/mol. The van der Waals surface area contributed by atoms with Gasteiger partial charge < -0.3 is 0 Å². The highest BCUT2D eigenvalue weighted by Crippen LogP contribution is 2.37. The average molecular weight is 268 g/mol. The van der Waals surface area contributed by atoms with Crippen LogP contribution < -0.4 is 0 Å². The van der Waals surface area contributed by atoms with Gasteiger partial charge in [-0.3, -0.25) is 0 Å². The molecule has 0 amide bonds. The first-order chi connectivity index (χ1) is 9.45. The maximum atomic E-state index is 2.52. The first-order valence-corrected chi connectivity index (χ1v) is 7.92. The zero-order valence-electron chi connectivity index (χ0n) is 13.6. The van der Waals surface area contributed by atoms with E-state index in [-0.39, 0.29) is 5.41 Å². The van der Waals surface area contributed by atoms with Gasteiger partial charge in [0.1, 0.15) is 0 Å². The standard InChI is InChI=1S/C20H28/c1-6-7-17-14-19(13-10-16(17)3)20(4,5)18-11-8-15(2)9-12-18/h8-14,16-17H,6-7H2,1-5H3. The lowest BCUT2D eigenvalue weighted by Crippen LogP contribution is -2.23. The number of hydrogen-bond acceptors (Lipinski definition) is 0. The quantitative estimate of drug-likeness (QED) is 0.645. The molecule has 0 saturated carbocycles. The first-order valence-electron chi connectivity index (χ1n) is 7.92. The molecule has 2 rings (SSSR count). The van der Waals surface area contributed by atoms with E-state index in [1.54, 1.807) is 0 Å². The van der Waals surface area contributed by atoms with Gasteiger partial charge in [0.15, 0.2) is 0 Å². The Morgan fingerprint density at radius 3 is 2.35 bits per heavy atom. The molecule has 0 nitrogen and oxygen atoms in total. The zero-order chi connectivity index (χ0) is 14.8. The molecule has 0 heteroatoms. The molecule has 0 N–H and O–H groups in total. The van der Waals surface area contributed by atoms with E-state index in [1.165, 1.54) is 29.5 Å². The Kier molecular flexibility index (Phi) is 4.52. The topological polar surface area (TPSA) is 0 Å². The number of rotatable bonds is 4. The van der Waals surface area contributed by atoms with Crippen molar-refractivity contribution in [1.29, 1.82) is 0 Å². The Balaban J connectivity index is 2.31. The summed E-state index contributed by atoms with van der Waals surface area (Å²) in [6.45, 7) is 11.4. The van der Waals surface area contributed by atoms with Crippen molar-refractivity contribution in [3.63, 3.8) is 0 Å². The smallest absolute Gasteiger partial charge is 0.0143 e. The molecule has 1 aliphatic rings. The fourth-order valence-corrected chi connectivity index (χ4v) is 3.07. The van der Waals surface area contributed by atoms with E-state index in [9.17, 15) is 0 Å². The van der Waals surface area contributed by atoms with Gasteiger partial charge in [-0.2, -0.15) is 0 Å². The maximum Gasteiger partial charge on any atom is 0.0143 e. The number of hydrogen-bond donors (Lipinski definition) is 0. The van der Waals surface area contributed by atoms with Crippen molar-refractivity contribution in [2.75, 3.05) is 0 Å². The SMILES string of the molecule is CCCC1C=C(C(C)(C)c2ccc(C)cc2)C=CC1C. The molecule has 0 bridgehead atoms. The third kappa shape index (κ3) is 3.06. The van der Waals surface area contributed by atoms with Gasteiger partial charge in [0.25, 0.3) is 0 Å². The van der Waals surface area contributed by atoms with Gasteiger partial charge in [0.2, 0.25) is 0 Å². The van der Waals surface area contributed by atoms with Crippen molar-refractivity contribution in [3.05, 3.63) is 59.2 Å². The molecule has 0 radical (unpaired) electrons. The Hall–Kier alpha value is -1.30. The summed E-state index contributed by atoms with van der Waals surface area (Å²) in [4.78, 5) is 0. The van der Waals surface area contributed by atoms with Gasteiger partial charge in [-0.25, -0.2) is 0 Å². The van der Waals surface area contributed by atoms with E-state index in [4.69, 9.17) is 0 Å². The van der Waals surface area contributed by atoms with Gasteiger partial charge in [-0.05, 0) is 36.3 Å². The molecule has 20 heavy (non-hydrogen) atoms. The Morgan fingerprint density at radius 1 is 1.10 bits per heavy atom. The van der Waals surface area contributed by atoms with Crippen LogP contribution in [0.3, 0.4) is 0 Å². The van der Waals surface area contributed by atoms with Gasteiger partial charge in [-0.15, -0.1) is 0 Å². The second-order valence-corrected chi connectivity index (χ2v) is 6.78. The van der Waals surface area contributed by atoms with Crippen LogP contribution in [-0.2, 0) is 5.41 Å². The summed E-state index contributed by atoms with van der Waals surface area (Å²) in [6.07, 6.45) is 9.81. The first kappa shape index (κ1) is 15.1. The lowest BCUT2D eigenvalue weighted by molar-refractivity contribution is 0.454. The molecule has 0 spiro atoms. The van der Waals surface area contributed by atoms with Crippen molar-refractivity contribution in [3.8, 4) is 0 Å². The molecule has 0 saturated heterocycles. The minimum absolute atomic E-state index is 0.0936. The van der Waals surface area contributed by atoms with Gasteiger partial charge in [0.05, 0.1) is 0 Å². The number of benzene rings is 1. The van der Waals surface area contributed by atoms with Crippen LogP contribution in [0, 0.1) is 18.8 Å². The Bertz CT molecular complexity index is 499. The summed E-state index contributed by atoms with van der Waals surface area (Å²) in [7, 11) is 0. The van der Waals surface area contributed by atoms with Gasteiger partial charge in [-0.1, -0.05) is 82.2 Å². The molecule has 108 valence electrons. The predicted octanol–water partition coefficient (Wildman–Crippen LogP) is 5.82. The Labute approximate surface area is 124 Å². The largest absolute Gasteiger partial charge is 0.0808 e. The molecule has 1 aromatic rings. The number of aryl methyl sites for hydroxylation is 1. The van der Waals surface area contributed by atoms with Gasteiger partial charge >= 0.3 is 0 Å². The van der Waals surface area contributed by atoms with E-state index in [1.807, 2.05) is 0 Å². The third-order valence-electron chi connectivity index (χ3n) is 4.77. The fraction of sp³-hybridized carbons (Fsp3) is 0.500. The minimum Gasteiger partial charge on any atom is -0.0808 e. The minimum atomic E-state index is 0.0936. The third-order valence-corrected chi connectivity index (χ3v) is 4.77. The van der Waals surface area contributed by atoms with Crippen molar-refractivity contribution >= 4 is 0 Å². The van der Waals surface area contributed by atoms with Crippen molar-refractivity contribution in [1.82, 2.24) is 0 Å². The van der Waals surface area contributed by atoms with Crippen LogP contribution in [0.15, 0.2) is 48.1 Å². The molecule has 2 atom stereocenters. The summed E-state index contributed by atoms with van der Waals surface area (Å²) >= 11 is 0. The number of allylic oxidation sites excluding steroid dienone is 4. The molecule has 1 aromatic carbocycles. The van der Waals surface area contributed by atoms with E-state index < -0.39 is 0 Å². The van der Waals surface area contributed by atoms with Crippen molar-refractivity contribution in [2.45, 2.75) is 52.9 Å². The maximum absolute atomic E-state index is 2.52.